The van der Waals surface area contributed by atoms with Crippen LogP contribution in [0.1, 0.15) is 29.0 Å². The van der Waals surface area contributed by atoms with Crippen LogP contribution in [-0.2, 0) is 0 Å². The minimum atomic E-state index is -0.101. The molecule has 1 aromatic carbocycles. The summed E-state index contributed by atoms with van der Waals surface area (Å²) >= 11 is 0. The van der Waals surface area contributed by atoms with E-state index in [1.54, 1.807) is 6.07 Å². The molecule has 2 aliphatic heterocycles. The molecular formula is C19H22N2O2. The number of fused-ring (bicyclic) bond motifs is 2. The first kappa shape index (κ1) is 14.5. The van der Waals surface area contributed by atoms with Gasteiger partial charge in [-0.15, -0.1) is 0 Å². The molecule has 4 rings (SSSR count). The van der Waals surface area contributed by atoms with Crippen molar-refractivity contribution in [1.29, 1.82) is 0 Å². The van der Waals surface area contributed by atoms with Gasteiger partial charge in [0.15, 0.2) is 5.76 Å². The van der Waals surface area contributed by atoms with Crippen LogP contribution in [0.3, 0.4) is 0 Å². The molecule has 2 aromatic rings. The first-order valence-corrected chi connectivity index (χ1v) is 8.37. The number of nitrogens with one attached hydrogen (secondary N) is 1. The lowest BCUT2D eigenvalue weighted by molar-refractivity contribution is 0.0882. The molecule has 3 atom stereocenters. The van der Waals surface area contributed by atoms with Gasteiger partial charge in [-0.05, 0) is 50.4 Å². The van der Waals surface area contributed by atoms with E-state index in [0.29, 0.717) is 5.76 Å². The van der Waals surface area contributed by atoms with Crippen LogP contribution < -0.4 is 5.32 Å². The number of piperidine rings is 1. The Hall–Kier alpha value is -2.07. The number of hydrogen-bond donors (Lipinski definition) is 1. The van der Waals surface area contributed by atoms with Crippen molar-refractivity contribution in [3.63, 3.8) is 0 Å². The fraction of sp³-hybridized carbons (Fsp3) is 0.421. The van der Waals surface area contributed by atoms with Gasteiger partial charge in [0, 0.05) is 24.7 Å². The molecule has 3 heterocycles. The topological polar surface area (TPSA) is 45.5 Å². The number of aryl methyl sites for hydroxylation is 1. The highest BCUT2D eigenvalue weighted by Crippen LogP contribution is 2.27. The van der Waals surface area contributed by atoms with Crippen LogP contribution in [0.5, 0.6) is 0 Å². The molecule has 4 nitrogen and oxygen atoms in total. The van der Waals surface area contributed by atoms with Gasteiger partial charge in [0.1, 0.15) is 5.76 Å². The Morgan fingerprint density at radius 3 is 3.00 bits per heavy atom. The fourth-order valence-electron chi connectivity index (χ4n) is 3.83. The van der Waals surface area contributed by atoms with E-state index in [2.05, 4.69) is 16.3 Å². The Balaban J connectivity index is 1.45. The third-order valence-corrected chi connectivity index (χ3v) is 4.93. The third kappa shape index (κ3) is 3.04. The van der Waals surface area contributed by atoms with Crippen LogP contribution >= 0.6 is 0 Å². The van der Waals surface area contributed by atoms with Gasteiger partial charge in [0.05, 0.1) is 0 Å². The number of hydrogen-bond acceptors (Lipinski definition) is 3. The van der Waals surface area contributed by atoms with Gasteiger partial charge in [0.25, 0.3) is 5.91 Å². The second kappa shape index (κ2) is 5.85. The second-order valence-electron chi connectivity index (χ2n) is 6.85. The number of carbonyl (C=O) groups is 1. The van der Waals surface area contributed by atoms with E-state index in [-0.39, 0.29) is 11.9 Å². The average Bonchev–Trinajstić information content (AvgIpc) is 3.14. The Kier molecular flexibility index (Phi) is 3.69. The first-order valence-electron chi connectivity index (χ1n) is 8.37. The summed E-state index contributed by atoms with van der Waals surface area (Å²) < 4.78 is 5.77. The SMILES string of the molecule is Cc1cccc(-c2ccc(C(=O)N[C@@H]3C[C@@H]4CCN(C4)C3)o2)c1. The Morgan fingerprint density at radius 2 is 2.17 bits per heavy atom. The Bertz CT molecular complexity index is 710. The molecule has 2 bridgehead atoms. The molecule has 0 aliphatic carbocycles. The van der Waals surface area contributed by atoms with Crippen molar-refractivity contribution < 1.29 is 9.21 Å². The standard InChI is InChI=1S/C19H22N2O2/c1-13-3-2-4-15(9-13)17-5-6-18(23-17)19(22)20-16-10-14-7-8-21(11-14)12-16/h2-6,9,14,16H,7-8,10-12H2,1H3,(H,20,22)/t14-,16+/m0/s1. The predicted octanol–water partition coefficient (Wildman–Crippen LogP) is 3.08. The number of carbonyl (C=O) groups excluding carboxylic acids is 1. The summed E-state index contributed by atoms with van der Waals surface area (Å²) in [6.07, 6.45) is 2.36. The summed E-state index contributed by atoms with van der Waals surface area (Å²) in [4.78, 5) is 14.9. The van der Waals surface area contributed by atoms with E-state index < -0.39 is 0 Å². The molecule has 1 N–H and O–H groups in total. The number of nitrogens with zero attached hydrogens (tertiary/aromatic N) is 1. The van der Waals surface area contributed by atoms with Gasteiger partial charge in [-0.3, -0.25) is 4.79 Å². The van der Waals surface area contributed by atoms with Crippen molar-refractivity contribution in [2.45, 2.75) is 25.8 Å². The molecular weight excluding hydrogens is 288 g/mol. The van der Waals surface area contributed by atoms with Crippen molar-refractivity contribution >= 4 is 5.91 Å². The molecule has 4 heteroatoms. The minimum Gasteiger partial charge on any atom is -0.451 e. The van der Waals surface area contributed by atoms with Gasteiger partial charge in [-0.2, -0.15) is 0 Å². The van der Waals surface area contributed by atoms with Crippen molar-refractivity contribution in [2.75, 3.05) is 19.6 Å². The van der Waals surface area contributed by atoms with E-state index >= 15 is 0 Å². The molecule has 1 amide bonds. The average molecular weight is 310 g/mol. The summed E-state index contributed by atoms with van der Waals surface area (Å²) in [5, 5.41) is 3.14. The molecule has 2 saturated heterocycles. The Labute approximate surface area is 136 Å². The van der Waals surface area contributed by atoms with Crippen molar-refractivity contribution in [2.24, 2.45) is 5.92 Å². The monoisotopic (exact) mass is 310 g/mol. The smallest absolute Gasteiger partial charge is 0.287 e. The number of amides is 1. The summed E-state index contributed by atoms with van der Waals surface area (Å²) in [5.41, 5.74) is 2.18. The highest BCUT2D eigenvalue weighted by molar-refractivity contribution is 5.92. The molecule has 120 valence electrons. The highest BCUT2D eigenvalue weighted by Gasteiger charge is 2.33. The van der Waals surface area contributed by atoms with Crippen molar-refractivity contribution in [3.05, 3.63) is 47.7 Å². The van der Waals surface area contributed by atoms with E-state index in [4.69, 9.17) is 4.42 Å². The zero-order chi connectivity index (χ0) is 15.8. The number of benzene rings is 1. The number of rotatable bonds is 3. The summed E-state index contributed by atoms with van der Waals surface area (Å²) in [7, 11) is 0. The summed E-state index contributed by atoms with van der Waals surface area (Å²) in [6, 6.07) is 12.0. The van der Waals surface area contributed by atoms with Crippen LogP contribution in [0.2, 0.25) is 0 Å². The van der Waals surface area contributed by atoms with Crippen LogP contribution in [0.4, 0.5) is 0 Å². The van der Waals surface area contributed by atoms with Gasteiger partial charge in [-0.1, -0.05) is 23.8 Å². The first-order chi connectivity index (χ1) is 11.2. The normalized spacial score (nSPS) is 26.2. The molecule has 0 spiro atoms. The lowest BCUT2D eigenvalue weighted by atomic mass is 9.97. The summed E-state index contributed by atoms with van der Waals surface area (Å²) in [5.74, 6) is 1.78. The summed E-state index contributed by atoms with van der Waals surface area (Å²) in [6.45, 7) is 5.39. The maximum Gasteiger partial charge on any atom is 0.287 e. The van der Waals surface area contributed by atoms with Crippen LogP contribution in [0, 0.1) is 12.8 Å². The maximum absolute atomic E-state index is 12.4. The van der Waals surface area contributed by atoms with Crippen LogP contribution in [-0.4, -0.2) is 36.5 Å². The lowest BCUT2D eigenvalue weighted by Gasteiger charge is -2.30. The predicted molar refractivity (Wildman–Crippen MR) is 89.3 cm³/mol. The van der Waals surface area contributed by atoms with E-state index in [0.717, 1.165) is 30.2 Å². The van der Waals surface area contributed by atoms with E-state index in [9.17, 15) is 4.79 Å². The van der Waals surface area contributed by atoms with Crippen molar-refractivity contribution in [3.8, 4) is 11.3 Å². The van der Waals surface area contributed by atoms with Gasteiger partial charge in [-0.25, -0.2) is 0 Å². The van der Waals surface area contributed by atoms with Crippen molar-refractivity contribution in [1.82, 2.24) is 10.2 Å². The van der Waals surface area contributed by atoms with Gasteiger partial charge < -0.3 is 14.6 Å². The number of furan rings is 1. The molecule has 1 unspecified atom stereocenters. The molecule has 2 fully saturated rings. The largest absolute Gasteiger partial charge is 0.451 e. The fourth-order valence-corrected chi connectivity index (χ4v) is 3.83. The quantitative estimate of drug-likeness (QED) is 0.947. The molecule has 23 heavy (non-hydrogen) atoms. The van der Waals surface area contributed by atoms with E-state index in [1.165, 1.54) is 25.1 Å². The van der Waals surface area contributed by atoms with Gasteiger partial charge in [0.2, 0.25) is 0 Å². The maximum atomic E-state index is 12.4. The zero-order valence-electron chi connectivity index (χ0n) is 13.4. The third-order valence-electron chi connectivity index (χ3n) is 4.93. The second-order valence-corrected chi connectivity index (χ2v) is 6.85. The minimum absolute atomic E-state index is 0.101. The van der Waals surface area contributed by atoms with Gasteiger partial charge >= 0.3 is 0 Å². The van der Waals surface area contributed by atoms with Crippen LogP contribution in [0.15, 0.2) is 40.8 Å². The molecule has 0 radical (unpaired) electrons. The van der Waals surface area contributed by atoms with E-state index in [1.807, 2.05) is 31.2 Å². The zero-order valence-corrected chi connectivity index (χ0v) is 13.4. The molecule has 2 aliphatic rings. The molecule has 1 aromatic heterocycles. The van der Waals surface area contributed by atoms with Crippen LogP contribution in [0.25, 0.3) is 11.3 Å². The molecule has 0 saturated carbocycles. The Morgan fingerprint density at radius 1 is 1.26 bits per heavy atom. The highest BCUT2D eigenvalue weighted by atomic mass is 16.3. The lowest BCUT2D eigenvalue weighted by Crippen LogP contribution is -2.46.